The molecule has 2 heterocycles. The Morgan fingerprint density at radius 3 is 2.57 bits per heavy atom. The average molecular weight is 528 g/mol. The van der Waals surface area contributed by atoms with Gasteiger partial charge in [-0.25, -0.2) is 4.98 Å². The van der Waals surface area contributed by atoms with E-state index in [1.807, 2.05) is 43.5 Å². The summed E-state index contributed by atoms with van der Waals surface area (Å²) < 4.78 is 3.11. The van der Waals surface area contributed by atoms with Crippen molar-refractivity contribution in [2.75, 3.05) is 0 Å². The molecule has 3 aromatic carbocycles. The Hall–Kier alpha value is -3.48. The van der Waals surface area contributed by atoms with E-state index in [1.165, 1.54) is 25.7 Å². The van der Waals surface area contributed by atoms with Gasteiger partial charge in [-0.3, -0.25) is 9.48 Å². The lowest BCUT2D eigenvalue weighted by atomic mass is 9.93. The summed E-state index contributed by atoms with van der Waals surface area (Å²) in [5.41, 5.74) is 7.72. The molecule has 5 nitrogen and oxygen atoms in total. The molecule has 0 amide bonds. The zero-order valence-corrected chi connectivity index (χ0v) is 22.0. The average Bonchev–Trinajstić information content (AvgIpc) is 3.65. The number of aliphatic carboxylic acids is 1. The second-order valence-electron chi connectivity index (χ2n) is 9.72. The van der Waals surface area contributed by atoms with Gasteiger partial charge < -0.3 is 5.11 Å². The number of hydrogen-bond acceptors (Lipinski definition) is 4. The number of aromatic nitrogens is 3. The van der Waals surface area contributed by atoms with Crippen LogP contribution < -0.4 is 0 Å². The number of rotatable bonds is 6. The van der Waals surface area contributed by atoms with Crippen LogP contribution in [0, 0.1) is 6.92 Å². The van der Waals surface area contributed by atoms with Crippen molar-refractivity contribution in [3.63, 3.8) is 0 Å². The first-order chi connectivity index (χ1) is 18.0. The van der Waals surface area contributed by atoms with Gasteiger partial charge in [0.15, 0.2) is 0 Å². The first-order valence-corrected chi connectivity index (χ1v) is 13.7. The lowest BCUT2D eigenvalue weighted by molar-refractivity contribution is -0.136. The summed E-state index contributed by atoms with van der Waals surface area (Å²) in [6.45, 7) is 1.96. The number of benzene rings is 3. The van der Waals surface area contributed by atoms with Crippen LogP contribution in [-0.4, -0.2) is 25.8 Å². The molecule has 1 aliphatic rings. The van der Waals surface area contributed by atoms with Crippen LogP contribution in [0.1, 0.15) is 42.9 Å². The van der Waals surface area contributed by atoms with Crippen molar-refractivity contribution < 1.29 is 9.90 Å². The molecule has 0 atom stereocenters. The maximum atomic E-state index is 11.7. The molecule has 6 rings (SSSR count). The van der Waals surface area contributed by atoms with E-state index in [0.29, 0.717) is 11.1 Å². The van der Waals surface area contributed by atoms with Crippen LogP contribution in [0.15, 0.2) is 67.0 Å². The molecule has 1 fully saturated rings. The van der Waals surface area contributed by atoms with Gasteiger partial charge in [0.1, 0.15) is 5.01 Å². The molecule has 0 bridgehead atoms. The van der Waals surface area contributed by atoms with E-state index in [2.05, 4.69) is 40.2 Å². The van der Waals surface area contributed by atoms with Gasteiger partial charge in [0.25, 0.3) is 0 Å². The molecular weight excluding hydrogens is 502 g/mol. The summed E-state index contributed by atoms with van der Waals surface area (Å²) in [7, 11) is 0. The highest BCUT2D eigenvalue weighted by atomic mass is 35.5. The molecule has 1 aliphatic carbocycles. The molecule has 0 saturated heterocycles. The fourth-order valence-corrected chi connectivity index (χ4v) is 6.61. The molecule has 1 saturated carbocycles. The van der Waals surface area contributed by atoms with Crippen molar-refractivity contribution in [2.45, 2.75) is 45.1 Å². The Kier molecular flexibility index (Phi) is 6.31. The van der Waals surface area contributed by atoms with Crippen molar-refractivity contribution in [3.8, 4) is 32.8 Å². The summed E-state index contributed by atoms with van der Waals surface area (Å²) in [5, 5.41) is 15.8. The van der Waals surface area contributed by atoms with Crippen molar-refractivity contribution in [1.29, 1.82) is 0 Å². The summed E-state index contributed by atoms with van der Waals surface area (Å²) in [4.78, 5) is 16.7. The molecule has 1 N–H and O–H groups in total. The van der Waals surface area contributed by atoms with Crippen LogP contribution in [0.2, 0.25) is 5.02 Å². The number of nitrogens with zero attached hydrogens (tertiary/aromatic N) is 3. The van der Waals surface area contributed by atoms with Crippen LogP contribution >= 0.6 is 22.9 Å². The predicted octanol–water partition coefficient (Wildman–Crippen LogP) is 8.20. The van der Waals surface area contributed by atoms with Crippen LogP contribution in [0.25, 0.3) is 43.0 Å². The fourth-order valence-electron chi connectivity index (χ4n) is 5.35. The first-order valence-electron chi connectivity index (χ1n) is 12.5. The van der Waals surface area contributed by atoms with E-state index in [1.54, 1.807) is 11.3 Å². The van der Waals surface area contributed by atoms with Gasteiger partial charge in [-0.1, -0.05) is 54.8 Å². The molecular formula is C30H26ClN3O2S. The number of carboxylic acids is 1. The third-order valence-electron chi connectivity index (χ3n) is 7.22. The van der Waals surface area contributed by atoms with Gasteiger partial charge in [0.2, 0.25) is 0 Å². The largest absolute Gasteiger partial charge is 0.481 e. The molecule has 2 aromatic heterocycles. The summed E-state index contributed by atoms with van der Waals surface area (Å²) in [6, 6.07) is 18.5. The highest BCUT2D eigenvalue weighted by Gasteiger charge is 2.20. The quantitative estimate of drug-likeness (QED) is 0.241. The third-order valence-corrected chi connectivity index (χ3v) is 8.61. The second-order valence-corrected chi connectivity index (χ2v) is 11.2. The second kappa shape index (κ2) is 9.77. The van der Waals surface area contributed by atoms with E-state index in [9.17, 15) is 9.90 Å². The molecule has 7 heteroatoms. The van der Waals surface area contributed by atoms with E-state index in [4.69, 9.17) is 16.6 Å². The van der Waals surface area contributed by atoms with Crippen molar-refractivity contribution >= 4 is 39.1 Å². The minimum absolute atomic E-state index is 0.0482. The van der Waals surface area contributed by atoms with Crippen LogP contribution in [-0.2, 0) is 11.2 Å². The fraction of sp³-hybridized carbons (Fsp3) is 0.233. The molecule has 5 aromatic rings. The minimum atomic E-state index is -0.853. The van der Waals surface area contributed by atoms with Gasteiger partial charge in [-0.2, -0.15) is 5.10 Å². The van der Waals surface area contributed by atoms with Gasteiger partial charge in [0, 0.05) is 27.9 Å². The molecule has 0 radical (unpaired) electrons. The van der Waals surface area contributed by atoms with Gasteiger partial charge in [-0.15, -0.1) is 11.3 Å². The number of fused-ring (bicyclic) bond motifs is 1. The normalized spacial score (nSPS) is 14.0. The van der Waals surface area contributed by atoms with Crippen molar-refractivity contribution in [2.24, 2.45) is 0 Å². The van der Waals surface area contributed by atoms with Crippen LogP contribution in [0.4, 0.5) is 0 Å². The third kappa shape index (κ3) is 4.67. The Bertz CT molecular complexity index is 1610. The summed E-state index contributed by atoms with van der Waals surface area (Å²) in [6.07, 6.45) is 9.02. The zero-order chi connectivity index (χ0) is 25.5. The maximum Gasteiger partial charge on any atom is 0.307 e. The number of hydrogen-bond donors (Lipinski definition) is 1. The zero-order valence-electron chi connectivity index (χ0n) is 20.4. The SMILES string of the molecule is Cc1cc2nc(-c3cccc(-c4cnn(C5CCCC5)c4)c3)sc2c(-c2ccc(Cl)cc2)c1CC(=O)O. The van der Waals surface area contributed by atoms with Crippen molar-refractivity contribution in [3.05, 3.63) is 83.1 Å². The number of thiazole rings is 1. The number of halogens is 1. The minimum Gasteiger partial charge on any atom is -0.481 e. The Labute approximate surface area is 224 Å². The Morgan fingerprint density at radius 1 is 1.05 bits per heavy atom. The van der Waals surface area contributed by atoms with Gasteiger partial charge >= 0.3 is 5.97 Å². The number of carboxylic acid groups (broad SMARTS) is 1. The van der Waals surface area contributed by atoms with Crippen molar-refractivity contribution in [1.82, 2.24) is 14.8 Å². The summed E-state index contributed by atoms with van der Waals surface area (Å²) >= 11 is 7.75. The molecule has 186 valence electrons. The van der Waals surface area contributed by atoms with E-state index in [-0.39, 0.29) is 6.42 Å². The van der Waals surface area contributed by atoms with E-state index < -0.39 is 5.97 Å². The molecule has 0 spiro atoms. The highest BCUT2D eigenvalue weighted by Crippen LogP contribution is 2.41. The first kappa shape index (κ1) is 23.9. The predicted molar refractivity (Wildman–Crippen MR) is 150 cm³/mol. The smallest absolute Gasteiger partial charge is 0.307 e. The molecule has 0 unspecified atom stereocenters. The number of aryl methyl sites for hydroxylation is 1. The standard InChI is InChI=1S/C30H26ClN3O2S/c1-18-13-26-29(28(25(18)15-27(35)36)19-9-11-23(31)12-10-19)37-30(33-26)21-6-4-5-20(14-21)22-16-32-34(17-22)24-7-2-3-8-24/h4-6,9-14,16-17,24H,2-3,7-8,15H2,1H3,(H,35,36). The van der Waals surface area contributed by atoms with E-state index in [0.717, 1.165) is 54.2 Å². The van der Waals surface area contributed by atoms with E-state index >= 15 is 0 Å². The monoisotopic (exact) mass is 527 g/mol. The van der Waals surface area contributed by atoms with Crippen LogP contribution in [0.5, 0.6) is 0 Å². The number of carbonyl (C=O) groups is 1. The Morgan fingerprint density at radius 2 is 1.81 bits per heavy atom. The Balaban J connectivity index is 1.44. The maximum absolute atomic E-state index is 11.7. The van der Waals surface area contributed by atoms with Crippen LogP contribution in [0.3, 0.4) is 0 Å². The topological polar surface area (TPSA) is 68.0 Å². The summed E-state index contributed by atoms with van der Waals surface area (Å²) in [5.74, 6) is -0.853. The van der Waals surface area contributed by atoms with Gasteiger partial charge in [0.05, 0.1) is 28.9 Å². The molecule has 37 heavy (non-hydrogen) atoms. The lowest BCUT2D eigenvalue weighted by Gasteiger charge is -2.13. The van der Waals surface area contributed by atoms with Gasteiger partial charge in [-0.05, 0) is 66.3 Å². The lowest BCUT2D eigenvalue weighted by Crippen LogP contribution is -2.04. The highest BCUT2D eigenvalue weighted by molar-refractivity contribution is 7.22. The molecule has 0 aliphatic heterocycles.